The van der Waals surface area contributed by atoms with Crippen molar-refractivity contribution in [1.29, 1.82) is 0 Å². The molecule has 0 saturated carbocycles. The van der Waals surface area contributed by atoms with Gasteiger partial charge in [0.25, 0.3) is 0 Å². The van der Waals surface area contributed by atoms with Crippen LogP contribution in [0.3, 0.4) is 0 Å². The molecule has 0 aliphatic heterocycles. The van der Waals surface area contributed by atoms with E-state index in [-0.39, 0.29) is 0 Å². The van der Waals surface area contributed by atoms with Crippen molar-refractivity contribution in [2.45, 2.75) is 16.0 Å². The van der Waals surface area contributed by atoms with Crippen molar-refractivity contribution in [3.63, 3.8) is 0 Å². The fraction of sp³-hybridized carbons (Fsp3) is 0.0833. The predicted octanol–water partition coefficient (Wildman–Crippen LogP) is 3.91. The summed E-state index contributed by atoms with van der Waals surface area (Å²) < 4.78 is 0.830. The molecule has 0 fully saturated rings. The lowest BCUT2D eigenvalue weighted by Crippen LogP contribution is -1.94. The molecule has 82 valence electrons. The topological polar surface area (TPSA) is 37.3 Å². The van der Waals surface area contributed by atoms with Gasteiger partial charge < -0.3 is 5.11 Å². The maximum absolute atomic E-state index is 10.9. The van der Waals surface area contributed by atoms with Gasteiger partial charge in [0.05, 0.1) is 9.77 Å². The molecule has 0 unspecified atom stereocenters. The van der Waals surface area contributed by atoms with Gasteiger partial charge in [-0.2, -0.15) is 0 Å². The van der Waals surface area contributed by atoms with Crippen LogP contribution in [0.25, 0.3) is 0 Å². The normalized spacial score (nSPS) is 10.3. The molecule has 2 rings (SSSR count). The summed E-state index contributed by atoms with van der Waals surface area (Å²) in [6.07, 6.45) is 0. The summed E-state index contributed by atoms with van der Waals surface area (Å²) in [5.41, 5.74) is 1.59. The van der Waals surface area contributed by atoms with E-state index in [1.54, 1.807) is 11.4 Å². The molecule has 2 nitrogen and oxygen atoms in total. The molecule has 2 aromatic rings. The van der Waals surface area contributed by atoms with Gasteiger partial charge in [0.15, 0.2) is 0 Å². The maximum atomic E-state index is 10.9. The zero-order valence-electron chi connectivity index (χ0n) is 8.64. The maximum Gasteiger partial charge on any atom is 0.337 e. The van der Waals surface area contributed by atoms with E-state index in [2.05, 4.69) is 0 Å². The Morgan fingerprint density at radius 2 is 1.94 bits per heavy atom. The largest absolute Gasteiger partial charge is 0.478 e. The molecule has 1 aromatic heterocycles. The Bertz CT molecular complexity index is 500. The fourth-order valence-corrected chi connectivity index (χ4v) is 3.26. The van der Waals surface area contributed by atoms with Crippen molar-refractivity contribution in [2.24, 2.45) is 0 Å². The molecule has 0 radical (unpaired) electrons. The Morgan fingerprint density at radius 1 is 1.25 bits per heavy atom. The van der Waals surface area contributed by atoms with Crippen molar-refractivity contribution in [2.75, 3.05) is 0 Å². The van der Waals surface area contributed by atoms with E-state index in [0.29, 0.717) is 5.56 Å². The van der Waals surface area contributed by atoms with Crippen LogP contribution >= 0.6 is 23.1 Å². The van der Waals surface area contributed by atoms with Crippen LogP contribution in [0.15, 0.2) is 44.8 Å². The van der Waals surface area contributed by atoms with E-state index < -0.39 is 5.97 Å². The average Bonchev–Trinajstić information content (AvgIpc) is 2.69. The Labute approximate surface area is 102 Å². The van der Waals surface area contributed by atoms with E-state index in [0.717, 1.165) is 9.10 Å². The van der Waals surface area contributed by atoms with Gasteiger partial charge in [0.1, 0.15) is 0 Å². The van der Waals surface area contributed by atoms with E-state index in [4.69, 9.17) is 5.11 Å². The Balaban J connectivity index is 2.23. The smallest absolute Gasteiger partial charge is 0.337 e. The van der Waals surface area contributed by atoms with Gasteiger partial charge in [0, 0.05) is 4.90 Å². The fourth-order valence-electron chi connectivity index (χ4n) is 1.25. The third-order valence-electron chi connectivity index (χ3n) is 2.09. The van der Waals surface area contributed by atoms with Crippen molar-refractivity contribution in [3.05, 3.63) is 46.8 Å². The van der Waals surface area contributed by atoms with Crippen molar-refractivity contribution < 1.29 is 9.90 Å². The highest BCUT2D eigenvalue weighted by atomic mass is 32.2. The summed E-state index contributed by atoms with van der Waals surface area (Å²) >= 11 is 2.95. The molecule has 4 heteroatoms. The number of aromatic carboxylic acids is 1. The van der Waals surface area contributed by atoms with Crippen LogP contribution in [0.1, 0.15) is 15.9 Å². The van der Waals surface area contributed by atoms with Gasteiger partial charge in [-0.3, -0.25) is 0 Å². The summed E-state index contributed by atoms with van der Waals surface area (Å²) in [5.74, 6) is -0.865. The molecule has 0 aliphatic carbocycles. The molecule has 1 heterocycles. The number of hydrogen-bond acceptors (Lipinski definition) is 3. The zero-order chi connectivity index (χ0) is 11.5. The molecule has 0 saturated heterocycles. The minimum atomic E-state index is -0.865. The summed E-state index contributed by atoms with van der Waals surface area (Å²) in [5, 5.41) is 10.8. The van der Waals surface area contributed by atoms with Crippen LogP contribution in [0.5, 0.6) is 0 Å². The Morgan fingerprint density at radius 3 is 2.56 bits per heavy atom. The summed E-state index contributed by atoms with van der Waals surface area (Å²) in [7, 11) is 0. The number of rotatable bonds is 3. The highest BCUT2D eigenvalue weighted by Crippen LogP contribution is 2.34. The van der Waals surface area contributed by atoms with E-state index in [1.165, 1.54) is 28.7 Å². The number of carboxylic acid groups (broad SMARTS) is 1. The van der Waals surface area contributed by atoms with E-state index >= 15 is 0 Å². The summed E-state index contributed by atoms with van der Waals surface area (Å²) in [6, 6.07) is 9.70. The first kappa shape index (κ1) is 11.2. The third kappa shape index (κ3) is 2.46. The van der Waals surface area contributed by atoms with Crippen LogP contribution in [-0.2, 0) is 0 Å². The molecule has 0 bridgehead atoms. The number of carbonyl (C=O) groups is 1. The standard InChI is InChI=1S/C12H10O2S2/c1-8-2-4-9(5-3-8)16-12-10(11(13)14)6-7-15-12/h2-7H,1H3,(H,13,14). The molecule has 0 aliphatic rings. The molecular weight excluding hydrogens is 240 g/mol. The summed E-state index contributed by atoms with van der Waals surface area (Å²) in [6.45, 7) is 2.03. The molecule has 16 heavy (non-hydrogen) atoms. The van der Waals surface area contributed by atoms with Crippen LogP contribution < -0.4 is 0 Å². The summed E-state index contributed by atoms with van der Waals surface area (Å²) in [4.78, 5) is 12.0. The van der Waals surface area contributed by atoms with Gasteiger partial charge in [-0.25, -0.2) is 4.79 Å². The molecular formula is C12H10O2S2. The second-order valence-electron chi connectivity index (χ2n) is 3.34. The van der Waals surface area contributed by atoms with E-state index in [1.807, 2.05) is 31.2 Å². The lowest BCUT2D eigenvalue weighted by molar-refractivity contribution is 0.0694. The van der Waals surface area contributed by atoms with Crippen LogP contribution in [0.2, 0.25) is 0 Å². The first-order chi connectivity index (χ1) is 7.66. The van der Waals surface area contributed by atoms with E-state index in [9.17, 15) is 4.79 Å². The minimum Gasteiger partial charge on any atom is -0.478 e. The lowest BCUT2D eigenvalue weighted by Gasteiger charge is -2.00. The Kier molecular flexibility index (Phi) is 3.31. The number of benzene rings is 1. The van der Waals surface area contributed by atoms with Gasteiger partial charge in [0.2, 0.25) is 0 Å². The second-order valence-corrected chi connectivity index (χ2v) is 5.60. The average molecular weight is 250 g/mol. The van der Waals surface area contributed by atoms with Gasteiger partial charge in [-0.05, 0) is 30.5 Å². The molecule has 0 atom stereocenters. The zero-order valence-corrected chi connectivity index (χ0v) is 10.3. The van der Waals surface area contributed by atoms with Gasteiger partial charge in [-0.1, -0.05) is 29.5 Å². The first-order valence-electron chi connectivity index (χ1n) is 4.72. The SMILES string of the molecule is Cc1ccc(Sc2sccc2C(=O)O)cc1. The molecule has 0 spiro atoms. The quantitative estimate of drug-likeness (QED) is 0.897. The molecule has 1 N–H and O–H groups in total. The minimum absolute atomic E-state index is 0.385. The predicted molar refractivity (Wildman–Crippen MR) is 66.6 cm³/mol. The van der Waals surface area contributed by atoms with Gasteiger partial charge in [-0.15, -0.1) is 11.3 Å². The molecule has 1 aromatic carbocycles. The number of carboxylic acids is 1. The third-order valence-corrected chi connectivity index (χ3v) is 4.25. The van der Waals surface area contributed by atoms with Crippen molar-refractivity contribution in [1.82, 2.24) is 0 Å². The first-order valence-corrected chi connectivity index (χ1v) is 6.42. The lowest BCUT2D eigenvalue weighted by atomic mass is 10.2. The van der Waals surface area contributed by atoms with Crippen molar-refractivity contribution in [3.8, 4) is 0 Å². The molecule has 0 amide bonds. The monoisotopic (exact) mass is 250 g/mol. The highest BCUT2D eigenvalue weighted by molar-refractivity contribution is 8.01. The highest BCUT2D eigenvalue weighted by Gasteiger charge is 2.12. The number of hydrogen-bond donors (Lipinski definition) is 1. The van der Waals surface area contributed by atoms with Crippen LogP contribution in [-0.4, -0.2) is 11.1 Å². The van der Waals surface area contributed by atoms with Crippen molar-refractivity contribution >= 4 is 29.1 Å². The Hall–Kier alpha value is -1.26. The van der Waals surface area contributed by atoms with Crippen LogP contribution in [0.4, 0.5) is 0 Å². The number of aryl methyl sites for hydroxylation is 1. The number of thiophene rings is 1. The van der Waals surface area contributed by atoms with Crippen LogP contribution in [0, 0.1) is 6.92 Å². The van der Waals surface area contributed by atoms with Gasteiger partial charge >= 0.3 is 5.97 Å². The second kappa shape index (κ2) is 4.72.